The highest BCUT2D eigenvalue weighted by Gasteiger charge is 2.11. The third-order valence-electron chi connectivity index (χ3n) is 3.54. The molecule has 1 aromatic carbocycles. The van der Waals surface area contributed by atoms with Gasteiger partial charge >= 0.3 is 0 Å². The van der Waals surface area contributed by atoms with E-state index in [1.165, 1.54) is 0 Å². The molecule has 4 nitrogen and oxygen atoms in total. The second kappa shape index (κ2) is 12.4. The van der Waals surface area contributed by atoms with Gasteiger partial charge in [-0.1, -0.05) is 23.2 Å². The molecule has 0 saturated carbocycles. The largest absolute Gasteiger partial charge is 0.495 e. The van der Waals surface area contributed by atoms with Crippen LogP contribution in [-0.4, -0.2) is 51.4 Å². The first-order valence-corrected chi connectivity index (χ1v) is 7.99. The van der Waals surface area contributed by atoms with Gasteiger partial charge in [0.05, 0.1) is 25.3 Å². The first-order chi connectivity index (χ1) is 10.2. The fourth-order valence-corrected chi connectivity index (χ4v) is 3.06. The molecule has 1 aliphatic rings. The van der Waals surface area contributed by atoms with E-state index in [-0.39, 0.29) is 24.8 Å². The van der Waals surface area contributed by atoms with E-state index in [1.54, 1.807) is 13.2 Å². The molecule has 134 valence electrons. The van der Waals surface area contributed by atoms with Gasteiger partial charge in [0.25, 0.3) is 0 Å². The van der Waals surface area contributed by atoms with Gasteiger partial charge in [-0.2, -0.15) is 0 Å². The molecule has 2 rings (SSSR count). The van der Waals surface area contributed by atoms with E-state index >= 15 is 0 Å². The maximum Gasteiger partial charge on any atom is 0.142 e. The zero-order valence-corrected chi connectivity index (χ0v) is 16.3. The summed E-state index contributed by atoms with van der Waals surface area (Å²) in [5, 5.41) is 4.60. The average Bonchev–Trinajstić information content (AvgIpc) is 2.47. The number of morpholine rings is 1. The lowest BCUT2D eigenvalue weighted by atomic mass is 10.2. The van der Waals surface area contributed by atoms with Crippen LogP contribution in [0.15, 0.2) is 12.1 Å². The molecule has 1 saturated heterocycles. The third kappa shape index (κ3) is 7.65. The van der Waals surface area contributed by atoms with Crippen LogP contribution in [0.1, 0.15) is 12.0 Å². The quantitative estimate of drug-likeness (QED) is 0.702. The van der Waals surface area contributed by atoms with Crippen LogP contribution in [0.2, 0.25) is 10.0 Å². The molecule has 0 amide bonds. The van der Waals surface area contributed by atoms with Crippen LogP contribution in [0, 0.1) is 0 Å². The predicted octanol–water partition coefficient (Wildman–Crippen LogP) is 3.66. The summed E-state index contributed by atoms with van der Waals surface area (Å²) in [6, 6.07) is 3.59. The highest BCUT2D eigenvalue weighted by molar-refractivity contribution is 6.35. The first kappa shape index (κ1) is 23.1. The van der Waals surface area contributed by atoms with Crippen molar-refractivity contribution in [3.63, 3.8) is 0 Å². The second-order valence-electron chi connectivity index (χ2n) is 5.06. The van der Waals surface area contributed by atoms with E-state index in [0.29, 0.717) is 22.3 Å². The molecule has 0 aromatic heterocycles. The molecule has 0 bridgehead atoms. The smallest absolute Gasteiger partial charge is 0.142 e. The van der Waals surface area contributed by atoms with Crippen LogP contribution in [0.5, 0.6) is 5.75 Å². The Hall–Kier alpha value is 0.0600. The van der Waals surface area contributed by atoms with Crippen molar-refractivity contribution < 1.29 is 9.47 Å². The summed E-state index contributed by atoms with van der Waals surface area (Å²) in [5.74, 6) is 0.696. The van der Waals surface area contributed by atoms with Crippen LogP contribution in [0.4, 0.5) is 0 Å². The molecule has 0 atom stereocenters. The van der Waals surface area contributed by atoms with Gasteiger partial charge in [-0.3, -0.25) is 4.90 Å². The highest BCUT2D eigenvalue weighted by Crippen LogP contribution is 2.31. The topological polar surface area (TPSA) is 33.7 Å². The number of halogens is 4. The molecule has 0 aliphatic carbocycles. The molecule has 8 heteroatoms. The monoisotopic (exact) mass is 404 g/mol. The van der Waals surface area contributed by atoms with Crippen LogP contribution >= 0.6 is 48.0 Å². The van der Waals surface area contributed by atoms with E-state index in [4.69, 9.17) is 32.7 Å². The summed E-state index contributed by atoms with van der Waals surface area (Å²) >= 11 is 12.2. The third-order valence-corrected chi connectivity index (χ3v) is 4.04. The lowest BCUT2D eigenvalue weighted by molar-refractivity contribution is 0.0374. The minimum absolute atomic E-state index is 0. The fourth-order valence-electron chi connectivity index (χ4n) is 2.45. The standard InChI is InChI=1S/C15H22Cl2N2O2.2ClH/c1-20-15-12(9-13(16)10-14(15)17)11-18-3-2-4-19-5-7-21-8-6-19;;/h9-10,18H,2-8,11H2,1H3;2*1H. The molecule has 1 heterocycles. The Kier molecular flexibility index (Phi) is 12.5. The number of hydrogen-bond acceptors (Lipinski definition) is 4. The molecule has 1 fully saturated rings. The van der Waals surface area contributed by atoms with Gasteiger partial charge in [0.15, 0.2) is 0 Å². The van der Waals surface area contributed by atoms with Gasteiger partial charge in [0.1, 0.15) is 5.75 Å². The minimum atomic E-state index is 0. The fraction of sp³-hybridized carbons (Fsp3) is 0.600. The Morgan fingerprint density at radius 3 is 2.57 bits per heavy atom. The van der Waals surface area contributed by atoms with Crippen LogP contribution in [0.3, 0.4) is 0 Å². The van der Waals surface area contributed by atoms with Gasteiger partial charge in [0.2, 0.25) is 0 Å². The van der Waals surface area contributed by atoms with Crippen molar-refractivity contribution in [2.75, 3.05) is 46.5 Å². The number of methoxy groups -OCH3 is 1. The maximum atomic E-state index is 6.12. The molecule has 1 aliphatic heterocycles. The molecule has 0 radical (unpaired) electrons. The molecule has 1 aromatic rings. The average molecular weight is 406 g/mol. The Bertz CT molecular complexity index is 457. The highest BCUT2D eigenvalue weighted by atomic mass is 35.5. The normalized spacial score (nSPS) is 14.7. The van der Waals surface area contributed by atoms with Crippen molar-refractivity contribution >= 4 is 48.0 Å². The van der Waals surface area contributed by atoms with E-state index < -0.39 is 0 Å². The predicted molar refractivity (Wildman–Crippen MR) is 101 cm³/mol. The summed E-state index contributed by atoms with van der Waals surface area (Å²) in [6.45, 7) is 6.54. The van der Waals surface area contributed by atoms with Crippen molar-refractivity contribution in [3.8, 4) is 5.75 Å². The van der Waals surface area contributed by atoms with E-state index in [1.807, 2.05) is 6.07 Å². The maximum absolute atomic E-state index is 6.12. The van der Waals surface area contributed by atoms with Crippen molar-refractivity contribution in [2.45, 2.75) is 13.0 Å². The summed E-state index contributed by atoms with van der Waals surface area (Å²) in [6.07, 6.45) is 1.11. The Labute approximate surface area is 160 Å². The summed E-state index contributed by atoms with van der Waals surface area (Å²) in [4.78, 5) is 2.43. The lowest BCUT2D eigenvalue weighted by Crippen LogP contribution is -2.37. The molecule has 23 heavy (non-hydrogen) atoms. The summed E-state index contributed by atoms with van der Waals surface area (Å²) in [7, 11) is 1.62. The number of nitrogens with zero attached hydrogens (tertiary/aromatic N) is 1. The van der Waals surface area contributed by atoms with E-state index in [9.17, 15) is 0 Å². The van der Waals surface area contributed by atoms with Crippen LogP contribution in [0.25, 0.3) is 0 Å². The SMILES string of the molecule is COc1c(Cl)cc(Cl)cc1CNCCCN1CCOCC1.Cl.Cl. The van der Waals surface area contributed by atoms with Gasteiger partial charge in [0, 0.05) is 30.2 Å². The van der Waals surface area contributed by atoms with Gasteiger partial charge < -0.3 is 14.8 Å². The number of rotatable bonds is 7. The van der Waals surface area contributed by atoms with Crippen LogP contribution < -0.4 is 10.1 Å². The van der Waals surface area contributed by atoms with Crippen molar-refractivity contribution in [1.29, 1.82) is 0 Å². The van der Waals surface area contributed by atoms with E-state index in [0.717, 1.165) is 51.4 Å². The molecule has 1 N–H and O–H groups in total. The Morgan fingerprint density at radius 1 is 1.22 bits per heavy atom. The lowest BCUT2D eigenvalue weighted by Gasteiger charge is -2.26. The zero-order chi connectivity index (χ0) is 15.1. The van der Waals surface area contributed by atoms with E-state index in [2.05, 4.69) is 10.2 Å². The number of nitrogens with one attached hydrogen (secondary N) is 1. The van der Waals surface area contributed by atoms with Crippen molar-refractivity contribution in [2.24, 2.45) is 0 Å². The van der Waals surface area contributed by atoms with Gasteiger partial charge in [-0.25, -0.2) is 0 Å². The van der Waals surface area contributed by atoms with Gasteiger partial charge in [-0.05, 0) is 31.6 Å². The zero-order valence-electron chi connectivity index (χ0n) is 13.1. The molecular formula is C15H24Cl4N2O2. The molecular weight excluding hydrogens is 382 g/mol. The second-order valence-corrected chi connectivity index (χ2v) is 5.91. The summed E-state index contributed by atoms with van der Waals surface area (Å²) < 4.78 is 10.7. The van der Waals surface area contributed by atoms with Crippen molar-refractivity contribution in [3.05, 3.63) is 27.7 Å². The Balaban J connectivity index is 0.00000242. The number of ether oxygens (including phenoxy) is 2. The van der Waals surface area contributed by atoms with Crippen molar-refractivity contribution in [1.82, 2.24) is 10.2 Å². The molecule has 0 spiro atoms. The Morgan fingerprint density at radius 2 is 1.91 bits per heavy atom. The van der Waals surface area contributed by atoms with Gasteiger partial charge in [-0.15, -0.1) is 24.8 Å². The molecule has 0 unspecified atom stereocenters. The first-order valence-electron chi connectivity index (χ1n) is 7.23. The summed E-state index contributed by atoms with van der Waals surface area (Å²) in [5.41, 5.74) is 0.987. The number of benzene rings is 1. The van der Waals surface area contributed by atoms with Crippen LogP contribution in [-0.2, 0) is 11.3 Å². The minimum Gasteiger partial charge on any atom is -0.495 e. The number of hydrogen-bond donors (Lipinski definition) is 1.